The van der Waals surface area contributed by atoms with Crippen molar-refractivity contribution in [3.8, 4) is 0 Å². The molecule has 2 atom stereocenters. The topological polar surface area (TPSA) is 58.2 Å². The van der Waals surface area contributed by atoms with Crippen molar-refractivity contribution in [2.75, 3.05) is 0 Å². The van der Waals surface area contributed by atoms with Crippen LogP contribution < -0.4 is 10.6 Å². The van der Waals surface area contributed by atoms with Crippen LogP contribution in [0.4, 0.5) is 8.78 Å². The van der Waals surface area contributed by atoms with E-state index in [1.807, 2.05) is 30.3 Å². The zero-order chi connectivity index (χ0) is 19.1. The monoisotopic (exact) mass is 358 g/mol. The minimum Gasteiger partial charge on any atom is -0.344 e. The van der Waals surface area contributed by atoms with Gasteiger partial charge < -0.3 is 10.6 Å². The molecule has 0 unspecified atom stereocenters. The number of carbonyl (C=O) groups excluding carboxylic acids is 2. The van der Waals surface area contributed by atoms with E-state index in [-0.39, 0.29) is 18.0 Å². The van der Waals surface area contributed by atoms with Crippen LogP contribution in [0, 0.1) is 11.6 Å². The molecule has 0 aliphatic heterocycles. The molecule has 2 rings (SSSR count). The van der Waals surface area contributed by atoms with Gasteiger partial charge in [-0.15, -0.1) is 6.58 Å². The number of rotatable bonds is 7. The van der Waals surface area contributed by atoms with Gasteiger partial charge in [-0.3, -0.25) is 9.59 Å². The normalized spacial score (nSPS) is 12.7. The van der Waals surface area contributed by atoms with E-state index in [1.54, 1.807) is 6.08 Å². The summed E-state index contributed by atoms with van der Waals surface area (Å²) in [5, 5.41) is 5.30. The van der Waals surface area contributed by atoms with E-state index in [0.717, 1.165) is 23.8 Å². The smallest absolute Gasteiger partial charge is 0.243 e. The molecule has 4 nitrogen and oxygen atoms in total. The molecule has 0 aromatic heterocycles. The van der Waals surface area contributed by atoms with Gasteiger partial charge in [-0.25, -0.2) is 8.78 Å². The van der Waals surface area contributed by atoms with E-state index in [9.17, 15) is 18.4 Å². The van der Waals surface area contributed by atoms with Crippen LogP contribution in [0.25, 0.3) is 0 Å². The van der Waals surface area contributed by atoms with Crippen molar-refractivity contribution >= 4 is 11.8 Å². The molecule has 2 N–H and O–H groups in total. The summed E-state index contributed by atoms with van der Waals surface area (Å²) >= 11 is 0. The van der Waals surface area contributed by atoms with Crippen LogP contribution in [-0.2, 0) is 16.0 Å². The van der Waals surface area contributed by atoms with E-state index in [2.05, 4.69) is 17.2 Å². The predicted molar refractivity (Wildman–Crippen MR) is 95.2 cm³/mol. The summed E-state index contributed by atoms with van der Waals surface area (Å²) in [5.74, 6) is -2.41. The lowest BCUT2D eigenvalue weighted by Crippen LogP contribution is -2.46. The molecule has 6 heteroatoms. The van der Waals surface area contributed by atoms with Crippen molar-refractivity contribution in [3.63, 3.8) is 0 Å². The number of hydrogen-bond donors (Lipinski definition) is 2. The number of hydrogen-bond acceptors (Lipinski definition) is 2. The highest BCUT2D eigenvalue weighted by Crippen LogP contribution is 2.13. The Morgan fingerprint density at radius 2 is 1.69 bits per heavy atom. The summed E-state index contributed by atoms with van der Waals surface area (Å²) in [4.78, 5) is 24.3. The zero-order valence-electron chi connectivity index (χ0n) is 14.3. The van der Waals surface area contributed by atoms with Crippen molar-refractivity contribution in [2.45, 2.75) is 25.4 Å². The van der Waals surface area contributed by atoms with Crippen LogP contribution in [0.5, 0.6) is 0 Å². The summed E-state index contributed by atoms with van der Waals surface area (Å²) < 4.78 is 26.3. The largest absolute Gasteiger partial charge is 0.344 e. The highest BCUT2D eigenvalue weighted by molar-refractivity contribution is 5.88. The van der Waals surface area contributed by atoms with E-state index < -0.39 is 29.5 Å². The van der Waals surface area contributed by atoms with Crippen molar-refractivity contribution < 1.29 is 18.4 Å². The molecule has 2 aromatic rings. The van der Waals surface area contributed by atoms with Gasteiger partial charge in [0.05, 0.1) is 12.5 Å². The van der Waals surface area contributed by atoms with Crippen LogP contribution in [0.15, 0.2) is 61.2 Å². The Labute approximate surface area is 150 Å². The fourth-order valence-electron chi connectivity index (χ4n) is 2.47. The fraction of sp³-hybridized carbons (Fsp3) is 0.200. The van der Waals surface area contributed by atoms with Crippen molar-refractivity contribution in [3.05, 3.63) is 83.9 Å². The van der Waals surface area contributed by atoms with Crippen LogP contribution in [0.1, 0.15) is 24.1 Å². The Hall–Kier alpha value is -3.02. The minimum absolute atomic E-state index is 0.195. The number of benzene rings is 2. The molecule has 0 heterocycles. The maximum absolute atomic E-state index is 13.2. The molecule has 0 aliphatic carbocycles. The summed E-state index contributed by atoms with van der Waals surface area (Å²) in [6.07, 6.45) is 1.37. The third-order valence-electron chi connectivity index (χ3n) is 3.75. The first kappa shape index (κ1) is 19.3. The first-order valence-corrected chi connectivity index (χ1v) is 8.11. The Bertz CT molecular complexity index is 773. The summed E-state index contributed by atoms with van der Waals surface area (Å²) in [5.41, 5.74) is 1.06. The van der Waals surface area contributed by atoms with Gasteiger partial charge in [-0.2, -0.15) is 0 Å². The maximum atomic E-state index is 13.2. The second-order valence-electron chi connectivity index (χ2n) is 5.88. The van der Waals surface area contributed by atoms with E-state index in [0.29, 0.717) is 0 Å². The average molecular weight is 358 g/mol. The second kappa shape index (κ2) is 8.89. The van der Waals surface area contributed by atoms with Gasteiger partial charge in [0, 0.05) is 6.07 Å². The molecular weight excluding hydrogens is 338 g/mol. The number of halogens is 2. The van der Waals surface area contributed by atoms with E-state index >= 15 is 0 Å². The van der Waals surface area contributed by atoms with Crippen molar-refractivity contribution in [2.24, 2.45) is 0 Å². The molecule has 0 radical (unpaired) electrons. The standard InChI is InChI=1S/C20H20F2N2O2/c1-3-18(15-7-5-4-6-8-15)24-20(26)13(2)23-19(25)11-14-9-16(21)12-17(22)10-14/h3-10,12-13,18H,1,11H2,2H3,(H,23,25)(H,24,26)/t13-,18+/m0/s1. The summed E-state index contributed by atoms with van der Waals surface area (Å²) in [7, 11) is 0. The van der Waals surface area contributed by atoms with Crippen molar-refractivity contribution in [1.82, 2.24) is 10.6 Å². The highest BCUT2D eigenvalue weighted by atomic mass is 19.1. The number of amides is 2. The Kier molecular flexibility index (Phi) is 6.60. The maximum Gasteiger partial charge on any atom is 0.243 e. The molecule has 0 saturated heterocycles. The third kappa shape index (κ3) is 5.51. The lowest BCUT2D eigenvalue weighted by molar-refractivity contribution is -0.128. The van der Waals surface area contributed by atoms with Crippen LogP contribution in [-0.4, -0.2) is 17.9 Å². The first-order chi connectivity index (χ1) is 12.4. The van der Waals surface area contributed by atoms with Gasteiger partial charge in [-0.05, 0) is 30.2 Å². The fourth-order valence-corrected chi connectivity index (χ4v) is 2.47. The molecule has 26 heavy (non-hydrogen) atoms. The molecule has 0 aliphatic rings. The van der Waals surface area contributed by atoms with Gasteiger partial charge in [0.2, 0.25) is 11.8 Å². The van der Waals surface area contributed by atoms with Gasteiger partial charge in [-0.1, -0.05) is 36.4 Å². The Morgan fingerprint density at radius 1 is 1.08 bits per heavy atom. The SMILES string of the molecule is C=C[C@@H](NC(=O)[C@H](C)NC(=O)Cc1cc(F)cc(F)c1)c1ccccc1. The van der Waals surface area contributed by atoms with Crippen LogP contribution >= 0.6 is 0 Å². The Balaban J connectivity index is 1.93. The zero-order valence-corrected chi connectivity index (χ0v) is 14.3. The minimum atomic E-state index is -0.813. The molecule has 0 bridgehead atoms. The molecule has 136 valence electrons. The molecule has 0 spiro atoms. The molecule has 0 saturated carbocycles. The Morgan fingerprint density at radius 3 is 2.27 bits per heavy atom. The van der Waals surface area contributed by atoms with Gasteiger partial charge in [0.1, 0.15) is 17.7 Å². The predicted octanol–water partition coefficient (Wildman–Crippen LogP) is 3.06. The van der Waals surface area contributed by atoms with E-state index in [1.165, 1.54) is 6.92 Å². The van der Waals surface area contributed by atoms with Crippen LogP contribution in [0.3, 0.4) is 0 Å². The molecular formula is C20H20F2N2O2. The quantitative estimate of drug-likeness (QED) is 0.748. The second-order valence-corrected chi connectivity index (χ2v) is 5.88. The highest BCUT2D eigenvalue weighted by Gasteiger charge is 2.19. The van der Waals surface area contributed by atoms with Gasteiger partial charge in [0.15, 0.2) is 0 Å². The molecule has 0 fully saturated rings. The van der Waals surface area contributed by atoms with Crippen LogP contribution in [0.2, 0.25) is 0 Å². The lowest BCUT2D eigenvalue weighted by atomic mass is 10.1. The van der Waals surface area contributed by atoms with Gasteiger partial charge >= 0.3 is 0 Å². The number of carbonyl (C=O) groups is 2. The molecule has 2 amide bonds. The van der Waals surface area contributed by atoms with Gasteiger partial charge in [0.25, 0.3) is 0 Å². The van der Waals surface area contributed by atoms with E-state index in [4.69, 9.17) is 0 Å². The third-order valence-corrected chi connectivity index (χ3v) is 3.75. The summed E-state index contributed by atoms with van der Waals surface area (Å²) in [6, 6.07) is 11.0. The summed E-state index contributed by atoms with van der Waals surface area (Å²) in [6.45, 7) is 5.24. The van der Waals surface area contributed by atoms with Crippen molar-refractivity contribution in [1.29, 1.82) is 0 Å². The first-order valence-electron chi connectivity index (χ1n) is 8.11. The number of nitrogens with one attached hydrogen (secondary N) is 2. The average Bonchev–Trinajstić information content (AvgIpc) is 2.59. The lowest BCUT2D eigenvalue weighted by Gasteiger charge is -2.19. The molecule has 2 aromatic carbocycles.